The van der Waals surface area contributed by atoms with Crippen LogP contribution in [0.2, 0.25) is 0 Å². The summed E-state index contributed by atoms with van der Waals surface area (Å²) in [4.78, 5) is 21.3. The second-order valence-electron chi connectivity index (χ2n) is 11.3. The third kappa shape index (κ3) is 52.3. The zero-order valence-corrected chi connectivity index (χ0v) is 34.2. The second-order valence-corrected chi connectivity index (χ2v) is 11.3. The first kappa shape index (κ1) is 55.3. The number of methoxy groups -OCH3 is 1. The van der Waals surface area contributed by atoms with E-state index in [1.165, 1.54) is 7.11 Å². The number of carboxylic acids is 1. The zero-order chi connectivity index (χ0) is 41.2. The van der Waals surface area contributed by atoms with E-state index in [2.05, 4.69) is 4.74 Å². The lowest BCUT2D eigenvalue weighted by atomic mass is 10.5. The van der Waals surface area contributed by atoms with Crippen molar-refractivity contribution in [3.05, 3.63) is 0 Å². The summed E-state index contributed by atoms with van der Waals surface area (Å²) >= 11 is 0. The Hall–Kier alpha value is -1.70. The highest BCUT2D eigenvalue weighted by molar-refractivity contribution is 5.69. The molecule has 0 fully saturated rings. The van der Waals surface area contributed by atoms with E-state index >= 15 is 0 Å². The van der Waals surface area contributed by atoms with Crippen LogP contribution in [0, 0.1) is 0 Å². The van der Waals surface area contributed by atoms with E-state index in [0.717, 1.165) is 0 Å². The fourth-order valence-corrected chi connectivity index (χ4v) is 3.82. The van der Waals surface area contributed by atoms with Gasteiger partial charge in [-0.05, 0) is 0 Å². The van der Waals surface area contributed by atoms with Gasteiger partial charge in [0.25, 0.3) is 0 Å². The summed E-state index contributed by atoms with van der Waals surface area (Å²) in [6.07, 6.45) is 0.230. The van der Waals surface area contributed by atoms with Crippen molar-refractivity contribution in [2.75, 3.05) is 219 Å². The molecule has 1 N–H and O–H groups in total. The van der Waals surface area contributed by atoms with Crippen molar-refractivity contribution in [2.24, 2.45) is 0 Å². The monoisotopic (exact) mass is 836 g/mol. The van der Waals surface area contributed by atoms with Gasteiger partial charge in [-0.25, -0.2) is 0 Å². The van der Waals surface area contributed by atoms with Gasteiger partial charge in [0.1, 0.15) is 0 Å². The average Bonchev–Trinajstić information content (AvgIpc) is 3.21. The number of carbonyl (C=O) groups is 2. The Morgan fingerprint density at radius 3 is 0.544 bits per heavy atom. The number of hydrogen-bond acceptors (Lipinski definition) is 19. The summed E-state index contributed by atoms with van der Waals surface area (Å²) in [5, 5.41) is 8.50. The van der Waals surface area contributed by atoms with Crippen LogP contribution in [0.5, 0.6) is 0 Å². The van der Waals surface area contributed by atoms with Crippen molar-refractivity contribution in [3.63, 3.8) is 0 Å². The van der Waals surface area contributed by atoms with Crippen LogP contribution >= 0.6 is 0 Å². The van der Waals surface area contributed by atoms with Crippen molar-refractivity contribution < 1.29 is 95.2 Å². The van der Waals surface area contributed by atoms with Crippen molar-refractivity contribution in [2.45, 2.75) is 12.8 Å². The molecule has 340 valence electrons. The predicted octanol–water partition coefficient (Wildman–Crippen LogP) is 0.290. The largest absolute Gasteiger partial charge is 0.481 e. The number of hydrogen-bond donors (Lipinski definition) is 1. The number of carboxylic acid groups (broad SMARTS) is 1. The lowest BCUT2D eigenvalue weighted by Gasteiger charge is -2.09. The van der Waals surface area contributed by atoms with Crippen molar-refractivity contribution >= 4 is 11.9 Å². The maximum atomic E-state index is 10.9. The third-order valence-corrected chi connectivity index (χ3v) is 6.72. The van der Waals surface area contributed by atoms with Gasteiger partial charge >= 0.3 is 11.9 Å². The van der Waals surface area contributed by atoms with Crippen LogP contribution in [0.1, 0.15) is 12.8 Å². The van der Waals surface area contributed by atoms with Gasteiger partial charge in [0, 0.05) is 0 Å². The Bertz CT molecular complexity index is 798. The van der Waals surface area contributed by atoms with E-state index in [4.69, 9.17) is 80.9 Å². The first-order chi connectivity index (χ1) is 28.2. The van der Waals surface area contributed by atoms with Crippen LogP contribution in [0.15, 0.2) is 0 Å². The molecule has 0 aromatic rings. The molecule has 0 unspecified atom stereocenters. The normalized spacial score (nSPS) is 11.5. The number of ether oxygens (including phenoxy) is 17. The first-order valence-electron chi connectivity index (χ1n) is 19.7. The standard InChI is InChI=1S/C37H72O20/c1-41-37(40)3-5-43-7-9-45-11-13-47-15-17-49-19-21-51-23-25-53-27-29-55-31-33-57-35-34-56-32-30-54-28-26-52-24-22-50-20-18-48-16-14-46-12-10-44-8-6-42-4-2-36(38)39/h2-35H2,1H3,(H,38,39). The Balaban J connectivity index is 3.07. The Labute approximate surface area is 338 Å². The summed E-state index contributed by atoms with van der Waals surface area (Å²) in [7, 11) is 1.35. The van der Waals surface area contributed by atoms with Gasteiger partial charge in [0.2, 0.25) is 0 Å². The minimum Gasteiger partial charge on any atom is -0.481 e. The third-order valence-electron chi connectivity index (χ3n) is 6.72. The lowest BCUT2D eigenvalue weighted by molar-refractivity contribution is -0.142. The summed E-state index contributed by atoms with van der Waals surface area (Å²) < 4.78 is 91.1. The lowest BCUT2D eigenvalue weighted by Crippen LogP contribution is -2.16. The molecule has 0 aromatic heterocycles. The average molecular weight is 837 g/mol. The first-order valence-corrected chi connectivity index (χ1v) is 19.7. The van der Waals surface area contributed by atoms with E-state index in [0.29, 0.717) is 205 Å². The highest BCUT2D eigenvalue weighted by Gasteiger charge is 2.01. The van der Waals surface area contributed by atoms with E-state index in [1.807, 2.05) is 0 Å². The topological polar surface area (TPSA) is 211 Å². The van der Waals surface area contributed by atoms with Crippen molar-refractivity contribution in [1.29, 1.82) is 0 Å². The molecule has 20 nitrogen and oxygen atoms in total. The number of rotatable bonds is 51. The van der Waals surface area contributed by atoms with Gasteiger partial charge in [0.15, 0.2) is 0 Å². The minimum absolute atomic E-state index is 0.00787. The Morgan fingerprint density at radius 2 is 0.404 bits per heavy atom. The molecule has 0 radical (unpaired) electrons. The molecule has 0 aliphatic carbocycles. The maximum Gasteiger partial charge on any atom is 0.307 e. The summed E-state index contributed by atoms with van der Waals surface area (Å²) in [5.74, 6) is -1.17. The molecule has 0 saturated carbocycles. The van der Waals surface area contributed by atoms with Gasteiger partial charge in [-0.15, -0.1) is 0 Å². The molecule has 0 bridgehead atoms. The van der Waals surface area contributed by atoms with E-state index in [-0.39, 0.29) is 25.4 Å². The minimum atomic E-state index is -0.879. The van der Waals surface area contributed by atoms with Crippen molar-refractivity contribution in [3.8, 4) is 0 Å². The summed E-state index contributed by atoms with van der Waals surface area (Å²) in [6, 6.07) is 0. The fourth-order valence-electron chi connectivity index (χ4n) is 3.82. The Morgan fingerprint density at radius 1 is 0.263 bits per heavy atom. The molecule has 0 amide bonds. The van der Waals surface area contributed by atoms with Gasteiger partial charge in [-0.1, -0.05) is 0 Å². The molecule has 0 aliphatic rings. The van der Waals surface area contributed by atoms with Gasteiger partial charge < -0.3 is 85.6 Å². The van der Waals surface area contributed by atoms with E-state index < -0.39 is 5.97 Å². The molecule has 0 aromatic carbocycles. The van der Waals surface area contributed by atoms with E-state index in [9.17, 15) is 9.59 Å². The number of esters is 1. The second kappa shape index (κ2) is 50.4. The molecule has 0 rings (SSSR count). The highest BCUT2D eigenvalue weighted by Crippen LogP contribution is 1.90. The molecule has 0 saturated heterocycles. The van der Waals surface area contributed by atoms with Crippen molar-refractivity contribution in [1.82, 2.24) is 0 Å². The molecule has 20 heteroatoms. The SMILES string of the molecule is COC(=O)CCOCCOCCOCCOCCOCCOCCOCCOCCOCCOCCOCCOCCOCCOCCOCCOCCC(=O)O. The summed E-state index contributed by atoms with van der Waals surface area (Å²) in [5.41, 5.74) is 0. The number of carbonyl (C=O) groups excluding carboxylic acids is 1. The molecule has 57 heavy (non-hydrogen) atoms. The zero-order valence-electron chi connectivity index (χ0n) is 34.2. The van der Waals surface area contributed by atoms with E-state index in [1.54, 1.807) is 0 Å². The highest BCUT2D eigenvalue weighted by atomic mass is 16.6. The molecule has 0 aliphatic heterocycles. The fraction of sp³-hybridized carbons (Fsp3) is 0.946. The van der Waals surface area contributed by atoms with Crippen LogP contribution < -0.4 is 0 Å². The molecule has 0 spiro atoms. The van der Waals surface area contributed by atoms with Gasteiger partial charge in [0.05, 0.1) is 231 Å². The Kier molecular flexibility index (Phi) is 48.9. The van der Waals surface area contributed by atoms with Gasteiger partial charge in [-0.3, -0.25) is 9.59 Å². The van der Waals surface area contributed by atoms with Crippen LogP contribution in [-0.2, 0) is 90.1 Å². The van der Waals surface area contributed by atoms with Crippen LogP contribution in [0.25, 0.3) is 0 Å². The molecule has 0 heterocycles. The smallest absolute Gasteiger partial charge is 0.307 e. The maximum absolute atomic E-state index is 10.9. The number of aliphatic carboxylic acids is 1. The van der Waals surface area contributed by atoms with Crippen LogP contribution in [0.4, 0.5) is 0 Å². The van der Waals surface area contributed by atoms with Gasteiger partial charge in [-0.2, -0.15) is 0 Å². The molecular weight excluding hydrogens is 764 g/mol. The van der Waals surface area contributed by atoms with Crippen LogP contribution in [0.3, 0.4) is 0 Å². The van der Waals surface area contributed by atoms with Crippen LogP contribution in [-0.4, -0.2) is 236 Å². The molecule has 0 atom stereocenters. The quantitative estimate of drug-likeness (QED) is 0.0645. The predicted molar refractivity (Wildman–Crippen MR) is 202 cm³/mol. The molecular formula is C37H72O20. The summed E-state index contributed by atoms with van der Waals surface area (Å²) in [6.45, 7) is 14.5.